The molecule has 0 radical (unpaired) electrons. The van der Waals surface area contributed by atoms with Crippen LogP contribution in [-0.2, 0) is 14.9 Å². The van der Waals surface area contributed by atoms with Gasteiger partial charge in [-0.15, -0.1) is 0 Å². The average Bonchev–Trinajstić information content (AvgIpc) is 2.53. The Kier molecular flexibility index (Phi) is 6.41. The SMILES string of the molecule is CC(C)(C)OC(=O)N1CCN(C(=O)c2cc(OS(C)(=O)=O)ccc2Br)CC1. The highest BCUT2D eigenvalue weighted by atomic mass is 79.9. The van der Waals surface area contributed by atoms with Crippen molar-refractivity contribution in [2.45, 2.75) is 26.4 Å². The topological polar surface area (TPSA) is 93.2 Å². The second-order valence-electron chi connectivity index (χ2n) is 7.19. The molecule has 0 aromatic heterocycles. The molecular weight excluding hydrogens is 440 g/mol. The number of carbonyl (C=O) groups excluding carboxylic acids is 2. The summed E-state index contributed by atoms with van der Waals surface area (Å²) < 4.78 is 33.3. The smallest absolute Gasteiger partial charge is 0.410 e. The molecular formula is C17H23BrN2O6S. The van der Waals surface area contributed by atoms with Crippen LogP contribution in [0.5, 0.6) is 5.75 Å². The van der Waals surface area contributed by atoms with Gasteiger partial charge in [-0.1, -0.05) is 0 Å². The number of benzene rings is 1. The molecule has 1 heterocycles. The van der Waals surface area contributed by atoms with Crippen molar-refractivity contribution in [3.8, 4) is 5.75 Å². The van der Waals surface area contributed by atoms with Gasteiger partial charge in [-0.3, -0.25) is 4.79 Å². The molecule has 8 nitrogen and oxygen atoms in total. The van der Waals surface area contributed by atoms with E-state index < -0.39 is 21.8 Å². The van der Waals surface area contributed by atoms with Gasteiger partial charge in [-0.05, 0) is 54.9 Å². The third-order valence-corrected chi connectivity index (χ3v) is 4.82. The maximum atomic E-state index is 12.8. The summed E-state index contributed by atoms with van der Waals surface area (Å²) in [6, 6.07) is 4.40. The molecule has 0 atom stereocenters. The number of amides is 2. The molecule has 2 rings (SSSR count). The highest BCUT2D eigenvalue weighted by Crippen LogP contribution is 2.25. The molecule has 2 amide bonds. The molecule has 10 heteroatoms. The van der Waals surface area contributed by atoms with E-state index in [2.05, 4.69) is 15.9 Å². The van der Waals surface area contributed by atoms with Gasteiger partial charge in [0.1, 0.15) is 11.4 Å². The molecule has 0 N–H and O–H groups in total. The fraction of sp³-hybridized carbons (Fsp3) is 0.529. The van der Waals surface area contributed by atoms with Crippen molar-refractivity contribution >= 4 is 38.0 Å². The maximum Gasteiger partial charge on any atom is 0.410 e. The van der Waals surface area contributed by atoms with Gasteiger partial charge >= 0.3 is 16.2 Å². The molecule has 1 aliphatic heterocycles. The van der Waals surface area contributed by atoms with E-state index in [1.165, 1.54) is 12.1 Å². The normalized spacial score (nSPS) is 15.4. The van der Waals surface area contributed by atoms with Gasteiger partial charge in [0.25, 0.3) is 5.91 Å². The van der Waals surface area contributed by atoms with E-state index in [1.807, 2.05) is 0 Å². The first-order valence-corrected chi connectivity index (χ1v) is 10.9. The van der Waals surface area contributed by atoms with Crippen molar-refractivity contribution in [2.75, 3.05) is 32.4 Å². The van der Waals surface area contributed by atoms with Crippen LogP contribution in [0.2, 0.25) is 0 Å². The van der Waals surface area contributed by atoms with Gasteiger partial charge in [0.2, 0.25) is 0 Å². The van der Waals surface area contributed by atoms with Crippen LogP contribution in [0.4, 0.5) is 4.79 Å². The number of carbonyl (C=O) groups is 2. The number of piperazine rings is 1. The zero-order valence-electron chi connectivity index (χ0n) is 15.7. The number of ether oxygens (including phenoxy) is 1. The van der Waals surface area contributed by atoms with Crippen molar-refractivity contribution < 1.29 is 26.9 Å². The summed E-state index contributed by atoms with van der Waals surface area (Å²) in [6.45, 7) is 6.81. The van der Waals surface area contributed by atoms with E-state index in [0.29, 0.717) is 36.2 Å². The van der Waals surface area contributed by atoms with Crippen molar-refractivity contribution in [2.24, 2.45) is 0 Å². The van der Waals surface area contributed by atoms with Crippen LogP contribution in [0.15, 0.2) is 22.7 Å². The molecule has 1 saturated heterocycles. The van der Waals surface area contributed by atoms with Crippen LogP contribution in [0.3, 0.4) is 0 Å². The van der Waals surface area contributed by atoms with Crippen LogP contribution in [-0.4, -0.2) is 68.3 Å². The van der Waals surface area contributed by atoms with Crippen molar-refractivity contribution in [1.29, 1.82) is 0 Å². The summed E-state index contributed by atoms with van der Waals surface area (Å²) in [4.78, 5) is 28.1. The van der Waals surface area contributed by atoms with Gasteiger partial charge in [-0.25, -0.2) is 4.79 Å². The van der Waals surface area contributed by atoms with Gasteiger partial charge < -0.3 is 18.7 Å². The third kappa shape index (κ3) is 6.39. The van der Waals surface area contributed by atoms with Crippen LogP contribution in [0.1, 0.15) is 31.1 Å². The zero-order chi connectivity index (χ0) is 20.4. The third-order valence-electron chi connectivity index (χ3n) is 3.63. The lowest BCUT2D eigenvalue weighted by Gasteiger charge is -2.35. The van der Waals surface area contributed by atoms with E-state index in [1.54, 1.807) is 36.6 Å². The summed E-state index contributed by atoms with van der Waals surface area (Å²) in [6.07, 6.45) is 0.534. The maximum absolute atomic E-state index is 12.8. The molecule has 0 bridgehead atoms. The van der Waals surface area contributed by atoms with Gasteiger partial charge in [0.15, 0.2) is 0 Å². The van der Waals surface area contributed by atoms with E-state index in [-0.39, 0.29) is 11.7 Å². The minimum absolute atomic E-state index is 0.0661. The predicted molar refractivity (Wildman–Crippen MR) is 103 cm³/mol. The van der Waals surface area contributed by atoms with Crippen molar-refractivity contribution in [3.63, 3.8) is 0 Å². The molecule has 1 aliphatic rings. The Morgan fingerprint density at radius 2 is 1.63 bits per heavy atom. The molecule has 27 heavy (non-hydrogen) atoms. The molecule has 0 saturated carbocycles. The highest BCUT2D eigenvalue weighted by molar-refractivity contribution is 9.10. The first kappa shape index (κ1) is 21.5. The van der Waals surface area contributed by atoms with Crippen molar-refractivity contribution in [1.82, 2.24) is 9.80 Å². The Labute approximate surface area is 167 Å². The molecule has 0 unspecified atom stereocenters. The quantitative estimate of drug-likeness (QED) is 0.640. The number of hydrogen-bond acceptors (Lipinski definition) is 6. The molecule has 1 fully saturated rings. The lowest BCUT2D eigenvalue weighted by atomic mass is 10.1. The first-order chi connectivity index (χ1) is 12.4. The lowest BCUT2D eigenvalue weighted by molar-refractivity contribution is 0.0141. The van der Waals surface area contributed by atoms with Crippen LogP contribution in [0.25, 0.3) is 0 Å². The summed E-state index contributed by atoms with van der Waals surface area (Å²) in [5, 5.41) is 0. The molecule has 1 aromatic rings. The Balaban J connectivity index is 2.05. The van der Waals surface area contributed by atoms with Gasteiger partial charge in [0.05, 0.1) is 11.8 Å². The number of nitrogens with zero attached hydrogens (tertiary/aromatic N) is 2. The van der Waals surface area contributed by atoms with Crippen LogP contribution < -0.4 is 4.18 Å². The highest BCUT2D eigenvalue weighted by Gasteiger charge is 2.29. The summed E-state index contributed by atoms with van der Waals surface area (Å²) in [7, 11) is -3.69. The second kappa shape index (κ2) is 8.05. The van der Waals surface area contributed by atoms with Crippen molar-refractivity contribution in [3.05, 3.63) is 28.2 Å². The molecule has 0 spiro atoms. The van der Waals surface area contributed by atoms with E-state index in [0.717, 1.165) is 6.26 Å². The Bertz CT molecular complexity index is 826. The molecule has 1 aromatic carbocycles. The zero-order valence-corrected chi connectivity index (χ0v) is 18.1. The summed E-state index contributed by atoms with van der Waals surface area (Å²) in [5.74, 6) is -0.207. The van der Waals surface area contributed by atoms with Crippen LogP contribution in [0, 0.1) is 0 Å². The average molecular weight is 463 g/mol. The van der Waals surface area contributed by atoms with E-state index in [9.17, 15) is 18.0 Å². The molecule has 150 valence electrons. The largest absolute Gasteiger partial charge is 0.444 e. The fourth-order valence-electron chi connectivity index (χ4n) is 2.48. The summed E-state index contributed by atoms with van der Waals surface area (Å²) >= 11 is 3.31. The fourth-order valence-corrected chi connectivity index (χ4v) is 3.35. The van der Waals surface area contributed by atoms with E-state index in [4.69, 9.17) is 8.92 Å². The van der Waals surface area contributed by atoms with Gasteiger partial charge in [0, 0.05) is 30.7 Å². The standard InChI is InChI=1S/C17H23BrN2O6S/c1-17(2,3)25-16(22)20-9-7-19(8-10-20)15(21)13-11-12(5-6-14(13)18)26-27(4,23)24/h5-6,11H,7-10H2,1-4H3. The Morgan fingerprint density at radius 1 is 1.07 bits per heavy atom. The monoisotopic (exact) mass is 462 g/mol. The van der Waals surface area contributed by atoms with Crippen LogP contribution >= 0.6 is 15.9 Å². The van der Waals surface area contributed by atoms with E-state index >= 15 is 0 Å². The Morgan fingerprint density at radius 3 is 2.15 bits per heavy atom. The predicted octanol–water partition coefficient (Wildman–Crippen LogP) is 2.48. The molecule has 0 aliphatic carbocycles. The second-order valence-corrected chi connectivity index (χ2v) is 9.62. The first-order valence-electron chi connectivity index (χ1n) is 8.32. The minimum Gasteiger partial charge on any atom is -0.444 e. The Hall–Kier alpha value is -1.81. The number of rotatable bonds is 3. The number of hydrogen-bond donors (Lipinski definition) is 0. The minimum atomic E-state index is -3.69. The summed E-state index contributed by atoms with van der Waals surface area (Å²) in [5.41, 5.74) is -0.281. The lowest BCUT2D eigenvalue weighted by Crippen LogP contribution is -2.51. The number of halogens is 1. The van der Waals surface area contributed by atoms with Gasteiger partial charge in [-0.2, -0.15) is 8.42 Å².